The molecule has 0 radical (unpaired) electrons. The van der Waals surface area contributed by atoms with Gasteiger partial charge in [-0.3, -0.25) is 14.7 Å². The van der Waals surface area contributed by atoms with Crippen molar-refractivity contribution in [2.24, 2.45) is 0 Å². The number of morpholine rings is 1. The van der Waals surface area contributed by atoms with Gasteiger partial charge in [0, 0.05) is 37.6 Å². The van der Waals surface area contributed by atoms with Gasteiger partial charge in [0.1, 0.15) is 0 Å². The van der Waals surface area contributed by atoms with E-state index in [0.717, 1.165) is 39.3 Å². The maximum atomic E-state index is 11.7. The highest BCUT2D eigenvalue weighted by Crippen LogP contribution is 1.98. The zero-order valence-corrected chi connectivity index (χ0v) is 11.7. The van der Waals surface area contributed by atoms with Gasteiger partial charge in [0.25, 0.3) is 5.91 Å². The fraction of sp³-hybridized carbons (Fsp3) is 0.538. The monoisotopic (exact) mass is 285 g/mol. The first-order valence-corrected chi connectivity index (χ1v) is 6.34. The number of carbonyl (C=O) groups is 1. The average Bonchev–Trinajstić information content (AvgIpc) is 2.45. The van der Waals surface area contributed by atoms with Gasteiger partial charge in [-0.05, 0) is 25.1 Å². The van der Waals surface area contributed by atoms with Crippen LogP contribution >= 0.6 is 12.4 Å². The van der Waals surface area contributed by atoms with Crippen molar-refractivity contribution < 1.29 is 9.53 Å². The van der Waals surface area contributed by atoms with Gasteiger partial charge in [0.15, 0.2) is 0 Å². The Hall–Kier alpha value is -1.17. The zero-order valence-electron chi connectivity index (χ0n) is 10.9. The highest BCUT2D eigenvalue weighted by Gasteiger charge is 2.09. The molecule has 106 valence electrons. The minimum Gasteiger partial charge on any atom is -0.379 e. The highest BCUT2D eigenvalue weighted by atomic mass is 35.5. The number of pyridine rings is 1. The predicted octanol–water partition coefficient (Wildman–Crippen LogP) is 0.955. The molecule has 0 saturated carbocycles. The Morgan fingerprint density at radius 3 is 2.68 bits per heavy atom. The predicted molar refractivity (Wildman–Crippen MR) is 75.7 cm³/mol. The molecule has 19 heavy (non-hydrogen) atoms. The summed E-state index contributed by atoms with van der Waals surface area (Å²) in [6.07, 6.45) is 4.22. The van der Waals surface area contributed by atoms with Gasteiger partial charge in [0.2, 0.25) is 0 Å². The molecule has 0 spiro atoms. The zero-order chi connectivity index (χ0) is 12.6. The molecular weight excluding hydrogens is 266 g/mol. The molecule has 1 aromatic heterocycles. The van der Waals surface area contributed by atoms with E-state index in [1.54, 1.807) is 24.5 Å². The molecular formula is C13H20ClN3O2. The third-order valence-corrected chi connectivity index (χ3v) is 2.98. The van der Waals surface area contributed by atoms with E-state index in [2.05, 4.69) is 15.2 Å². The Bertz CT molecular complexity index is 369. The summed E-state index contributed by atoms with van der Waals surface area (Å²) >= 11 is 0. The summed E-state index contributed by atoms with van der Waals surface area (Å²) in [5.41, 5.74) is 0.663. The molecule has 1 fully saturated rings. The Morgan fingerprint density at radius 1 is 1.32 bits per heavy atom. The van der Waals surface area contributed by atoms with Gasteiger partial charge >= 0.3 is 0 Å². The van der Waals surface area contributed by atoms with Crippen LogP contribution in [-0.2, 0) is 4.74 Å². The number of nitrogens with zero attached hydrogens (tertiary/aromatic N) is 2. The Balaban J connectivity index is 0.00000180. The molecule has 0 aromatic carbocycles. The van der Waals surface area contributed by atoms with E-state index >= 15 is 0 Å². The first kappa shape index (κ1) is 15.9. The van der Waals surface area contributed by atoms with Crippen molar-refractivity contribution in [3.8, 4) is 0 Å². The van der Waals surface area contributed by atoms with Gasteiger partial charge in [0.05, 0.1) is 13.2 Å². The van der Waals surface area contributed by atoms with Gasteiger partial charge < -0.3 is 10.1 Å². The maximum absolute atomic E-state index is 11.7. The van der Waals surface area contributed by atoms with Crippen LogP contribution < -0.4 is 5.32 Å². The molecule has 1 aliphatic rings. The lowest BCUT2D eigenvalue weighted by Crippen LogP contribution is -2.38. The number of nitrogens with one attached hydrogen (secondary N) is 1. The fourth-order valence-electron chi connectivity index (χ4n) is 1.93. The minimum absolute atomic E-state index is 0. The Labute approximate surface area is 119 Å². The number of carbonyl (C=O) groups excluding carboxylic acids is 1. The first-order chi connectivity index (χ1) is 8.86. The normalized spacial score (nSPS) is 15.6. The van der Waals surface area contributed by atoms with E-state index in [1.165, 1.54) is 0 Å². The Morgan fingerprint density at radius 2 is 2.00 bits per heavy atom. The largest absolute Gasteiger partial charge is 0.379 e. The molecule has 1 N–H and O–H groups in total. The van der Waals surface area contributed by atoms with Crippen molar-refractivity contribution in [2.45, 2.75) is 6.42 Å². The molecule has 0 bridgehead atoms. The van der Waals surface area contributed by atoms with Crippen LogP contribution in [0.5, 0.6) is 0 Å². The molecule has 1 aromatic rings. The number of amides is 1. The molecule has 0 unspecified atom stereocenters. The van der Waals surface area contributed by atoms with E-state index in [4.69, 9.17) is 4.74 Å². The standard InChI is InChI=1S/C13H19N3O2.ClH/c17-13(12-2-5-14-6-3-12)15-4-1-7-16-8-10-18-11-9-16;/h2-3,5-6H,1,4,7-11H2,(H,15,17);1H. The summed E-state index contributed by atoms with van der Waals surface area (Å²) in [7, 11) is 0. The lowest BCUT2D eigenvalue weighted by Gasteiger charge is -2.26. The van der Waals surface area contributed by atoms with Gasteiger partial charge in [-0.15, -0.1) is 12.4 Å². The SMILES string of the molecule is Cl.O=C(NCCCN1CCOCC1)c1ccncc1. The van der Waals surface area contributed by atoms with Crippen molar-refractivity contribution >= 4 is 18.3 Å². The molecule has 1 aliphatic heterocycles. The van der Waals surface area contributed by atoms with Crippen LogP contribution in [0.1, 0.15) is 16.8 Å². The van der Waals surface area contributed by atoms with Crippen LogP contribution in [0.25, 0.3) is 0 Å². The van der Waals surface area contributed by atoms with Gasteiger partial charge in [-0.2, -0.15) is 0 Å². The van der Waals surface area contributed by atoms with Crippen molar-refractivity contribution in [3.05, 3.63) is 30.1 Å². The summed E-state index contributed by atoms with van der Waals surface area (Å²) in [5.74, 6) is -0.0284. The molecule has 6 heteroatoms. The summed E-state index contributed by atoms with van der Waals surface area (Å²) in [6.45, 7) is 5.36. The van der Waals surface area contributed by atoms with Crippen LogP contribution in [-0.4, -0.2) is 55.2 Å². The van der Waals surface area contributed by atoms with Crippen LogP contribution in [0.2, 0.25) is 0 Å². The summed E-state index contributed by atoms with van der Waals surface area (Å²) in [4.78, 5) is 18.0. The number of hydrogen-bond acceptors (Lipinski definition) is 4. The second-order valence-corrected chi connectivity index (χ2v) is 4.30. The highest BCUT2D eigenvalue weighted by molar-refractivity contribution is 5.93. The van der Waals surface area contributed by atoms with E-state index in [-0.39, 0.29) is 18.3 Å². The number of rotatable bonds is 5. The molecule has 2 rings (SSSR count). The first-order valence-electron chi connectivity index (χ1n) is 6.34. The van der Waals surface area contributed by atoms with Crippen LogP contribution in [0.15, 0.2) is 24.5 Å². The summed E-state index contributed by atoms with van der Waals surface area (Å²) in [6, 6.07) is 3.44. The number of halogens is 1. The minimum atomic E-state index is -0.0284. The fourth-order valence-corrected chi connectivity index (χ4v) is 1.93. The topological polar surface area (TPSA) is 54.5 Å². The quantitative estimate of drug-likeness (QED) is 0.819. The molecule has 0 aliphatic carbocycles. The van der Waals surface area contributed by atoms with Crippen molar-refractivity contribution in [1.29, 1.82) is 0 Å². The third-order valence-electron chi connectivity index (χ3n) is 2.98. The summed E-state index contributed by atoms with van der Waals surface area (Å²) < 4.78 is 5.28. The third kappa shape index (κ3) is 5.55. The molecule has 1 amide bonds. The average molecular weight is 286 g/mol. The van der Waals surface area contributed by atoms with E-state index in [0.29, 0.717) is 12.1 Å². The Kier molecular flexibility index (Phi) is 7.40. The van der Waals surface area contributed by atoms with E-state index < -0.39 is 0 Å². The lowest BCUT2D eigenvalue weighted by molar-refractivity contribution is 0.0374. The van der Waals surface area contributed by atoms with Crippen LogP contribution in [0.4, 0.5) is 0 Å². The number of ether oxygens (including phenoxy) is 1. The van der Waals surface area contributed by atoms with E-state index in [9.17, 15) is 4.79 Å². The van der Waals surface area contributed by atoms with Gasteiger partial charge in [-0.1, -0.05) is 0 Å². The van der Waals surface area contributed by atoms with Crippen LogP contribution in [0, 0.1) is 0 Å². The van der Waals surface area contributed by atoms with E-state index in [1.807, 2.05) is 0 Å². The molecule has 5 nitrogen and oxygen atoms in total. The molecule has 0 atom stereocenters. The van der Waals surface area contributed by atoms with Crippen molar-refractivity contribution in [2.75, 3.05) is 39.4 Å². The lowest BCUT2D eigenvalue weighted by atomic mass is 10.2. The summed E-state index contributed by atoms with van der Waals surface area (Å²) in [5, 5.41) is 2.91. The second kappa shape index (κ2) is 8.85. The smallest absolute Gasteiger partial charge is 0.251 e. The number of aromatic nitrogens is 1. The second-order valence-electron chi connectivity index (χ2n) is 4.30. The van der Waals surface area contributed by atoms with Crippen molar-refractivity contribution in [1.82, 2.24) is 15.2 Å². The van der Waals surface area contributed by atoms with Crippen molar-refractivity contribution in [3.63, 3.8) is 0 Å². The number of hydrogen-bond donors (Lipinski definition) is 1. The maximum Gasteiger partial charge on any atom is 0.251 e. The molecule has 2 heterocycles. The molecule has 1 saturated heterocycles. The van der Waals surface area contributed by atoms with Gasteiger partial charge in [-0.25, -0.2) is 0 Å². The van der Waals surface area contributed by atoms with Crippen LogP contribution in [0.3, 0.4) is 0 Å².